The first-order valence-electron chi connectivity index (χ1n) is 7.59. The maximum Gasteiger partial charge on any atom is 0.121 e. The Morgan fingerprint density at radius 1 is 1.25 bits per heavy atom. The third-order valence-electron chi connectivity index (χ3n) is 4.73. The van der Waals surface area contributed by atoms with Crippen LogP contribution in [-0.2, 0) is 6.54 Å². The van der Waals surface area contributed by atoms with Gasteiger partial charge in [0.1, 0.15) is 5.75 Å². The Hall–Kier alpha value is -1.06. The summed E-state index contributed by atoms with van der Waals surface area (Å²) in [4.78, 5) is 2.41. The smallest absolute Gasteiger partial charge is 0.121 e. The molecule has 3 heteroatoms. The first-order chi connectivity index (χ1) is 9.57. The van der Waals surface area contributed by atoms with Gasteiger partial charge in [0.2, 0.25) is 0 Å². The lowest BCUT2D eigenvalue weighted by molar-refractivity contribution is 0.153. The zero-order chi connectivity index (χ0) is 14.6. The SMILES string of the molecule is COc1ccc(CNCC2(N(C)C)CCCC2)cc1C. The number of rotatable bonds is 6. The summed E-state index contributed by atoms with van der Waals surface area (Å²) < 4.78 is 5.31. The second-order valence-corrected chi connectivity index (χ2v) is 6.23. The van der Waals surface area contributed by atoms with Crippen molar-refractivity contribution in [1.29, 1.82) is 0 Å². The van der Waals surface area contributed by atoms with Crippen LogP contribution in [-0.4, -0.2) is 38.2 Å². The molecule has 1 aliphatic rings. The van der Waals surface area contributed by atoms with E-state index in [2.05, 4.69) is 49.4 Å². The normalized spacial score (nSPS) is 17.6. The van der Waals surface area contributed by atoms with E-state index >= 15 is 0 Å². The van der Waals surface area contributed by atoms with Crippen molar-refractivity contribution < 1.29 is 4.74 Å². The minimum atomic E-state index is 0.363. The highest BCUT2D eigenvalue weighted by Gasteiger charge is 2.35. The first kappa shape index (κ1) is 15.3. The Bertz CT molecular complexity index is 437. The molecule has 0 bridgehead atoms. The summed E-state index contributed by atoms with van der Waals surface area (Å²) in [6, 6.07) is 6.42. The topological polar surface area (TPSA) is 24.5 Å². The highest BCUT2D eigenvalue weighted by Crippen LogP contribution is 2.33. The molecular weight excluding hydrogens is 248 g/mol. The van der Waals surface area contributed by atoms with Crippen molar-refractivity contribution in [1.82, 2.24) is 10.2 Å². The molecule has 1 saturated carbocycles. The predicted molar refractivity (Wildman–Crippen MR) is 84.3 cm³/mol. The average Bonchev–Trinajstić information content (AvgIpc) is 2.89. The number of methoxy groups -OCH3 is 1. The molecule has 2 rings (SSSR count). The number of nitrogens with one attached hydrogen (secondary N) is 1. The Labute approximate surface area is 123 Å². The van der Waals surface area contributed by atoms with E-state index in [0.29, 0.717) is 5.54 Å². The second-order valence-electron chi connectivity index (χ2n) is 6.23. The number of hydrogen-bond donors (Lipinski definition) is 1. The van der Waals surface area contributed by atoms with Crippen molar-refractivity contribution in [3.63, 3.8) is 0 Å². The number of ether oxygens (including phenoxy) is 1. The van der Waals surface area contributed by atoms with Gasteiger partial charge in [0.15, 0.2) is 0 Å². The fourth-order valence-corrected chi connectivity index (χ4v) is 3.31. The lowest BCUT2D eigenvalue weighted by atomic mass is 9.96. The van der Waals surface area contributed by atoms with Crippen molar-refractivity contribution in [2.45, 2.75) is 44.7 Å². The first-order valence-corrected chi connectivity index (χ1v) is 7.59. The van der Waals surface area contributed by atoms with Crippen molar-refractivity contribution in [2.75, 3.05) is 27.7 Å². The quantitative estimate of drug-likeness (QED) is 0.864. The van der Waals surface area contributed by atoms with E-state index in [4.69, 9.17) is 4.74 Å². The molecule has 1 aromatic rings. The molecule has 0 spiro atoms. The van der Waals surface area contributed by atoms with Crippen molar-refractivity contribution in [2.24, 2.45) is 0 Å². The lowest BCUT2D eigenvalue weighted by Gasteiger charge is -2.36. The summed E-state index contributed by atoms with van der Waals surface area (Å²) in [7, 11) is 6.15. The summed E-state index contributed by atoms with van der Waals surface area (Å²) in [6.45, 7) is 4.10. The van der Waals surface area contributed by atoms with Crippen molar-refractivity contribution >= 4 is 0 Å². The van der Waals surface area contributed by atoms with E-state index in [1.165, 1.54) is 36.8 Å². The fourth-order valence-electron chi connectivity index (χ4n) is 3.31. The molecule has 20 heavy (non-hydrogen) atoms. The number of aryl methyl sites for hydroxylation is 1. The molecule has 112 valence electrons. The summed E-state index contributed by atoms with van der Waals surface area (Å²) in [6.07, 6.45) is 5.35. The molecule has 1 aliphatic carbocycles. The van der Waals surface area contributed by atoms with Crippen LogP contribution < -0.4 is 10.1 Å². The standard InChI is InChI=1S/C17H28N2O/c1-14-11-15(7-8-16(14)20-4)12-18-13-17(19(2)3)9-5-6-10-17/h7-8,11,18H,5-6,9-10,12-13H2,1-4H3. The van der Waals surface area contributed by atoms with Gasteiger partial charge < -0.3 is 15.0 Å². The maximum absolute atomic E-state index is 5.31. The predicted octanol–water partition coefficient (Wildman–Crippen LogP) is 2.97. The van der Waals surface area contributed by atoms with Gasteiger partial charge in [-0.25, -0.2) is 0 Å². The zero-order valence-electron chi connectivity index (χ0n) is 13.3. The maximum atomic E-state index is 5.31. The summed E-state index contributed by atoms with van der Waals surface area (Å²) >= 11 is 0. The molecule has 1 aromatic carbocycles. The summed E-state index contributed by atoms with van der Waals surface area (Å²) in [5.41, 5.74) is 2.90. The fraction of sp³-hybridized carbons (Fsp3) is 0.647. The third-order valence-corrected chi connectivity index (χ3v) is 4.73. The van der Waals surface area contributed by atoms with Crippen LogP contribution in [0.15, 0.2) is 18.2 Å². The Balaban J connectivity index is 1.90. The van der Waals surface area contributed by atoms with Gasteiger partial charge in [-0.1, -0.05) is 25.0 Å². The number of hydrogen-bond acceptors (Lipinski definition) is 3. The Kier molecular flexibility index (Phi) is 5.06. The molecule has 0 unspecified atom stereocenters. The van der Waals surface area contributed by atoms with Gasteiger partial charge in [0.05, 0.1) is 7.11 Å². The van der Waals surface area contributed by atoms with Crippen LogP contribution >= 0.6 is 0 Å². The highest BCUT2D eigenvalue weighted by molar-refractivity contribution is 5.36. The Morgan fingerprint density at radius 2 is 1.95 bits per heavy atom. The molecule has 0 heterocycles. The summed E-state index contributed by atoms with van der Waals surface area (Å²) in [5, 5.41) is 3.65. The zero-order valence-corrected chi connectivity index (χ0v) is 13.3. The Morgan fingerprint density at radius 3 is 2.50 bits per heavy atom. The van der Waals surface area contributed by atoms with Crippen LogP contribution in [0, 0.1) is 6.92 Å². The molecular formula is C17H28N2O. The molecule has 1 fully saturated rings. The lowest BCUT2D eigenvalue weighted by Crippen LogP contribution is -2.49. The minimum Gasteiger partial charge on any atom is -0.496 e. The van der Waals surface area contributed by atoms with E-state index in [1.54, 1.807) is 7.11 Å². The molecule has 0 atom stereocenters. The van der Waals surface area contributed by atoms with Crippen LogP contribution in [0.3, 0.4) is 0 Å². The molecule has 3 nitrogen and oxygen atoms in total. The van der Waals surface area contributed by atoms with Crippen LogP contribution in [0.2, 0.25) is 0 Å². The highest BCUT2D eigenvalue weighted by atomic mass is 16.5. The van der Waals surface area contributed by atoms with Gasteiger partial charge in [0.25, 0.3) is 0 Å². The van der Waals surface area contributed by atoms with Crippen molar-refractivity contribution in [3.8, 4) is 5.75 Å². The van der Waals surface area contributed by atoms with Crippen molar-refractivity contribution in [3.05, 3.63) is 29.3 Å². The molecule has 1 N–H and O–H groups in total. The van der Waals surface area contributed by atoms with E-state index in [-0.39, 0.29) is 0 Å². The molecule has 0 aliphatic heterocycles. The van der Waals surface area contributed by atoms with Gasteiger partial charge in [-0.15, -0.1) is 0 Å². The van der Waals surface area contributed by atoms with E-state index in [0.717, 1.165) is 18.8 Å². The van der Waals surface area contributed by atoms with E-state index in [1.807, 2.05) is 0 Å². The molecule has 0 amide bonds. The van der Waals surface area contributed by atoms with Crippen LogP contribution in [0.4, 0.5) is 0 Å². The van der Waals surface area contributed by atoms with Gasteiger partial charge in [0, 0.05) is 18.6 Å². The minimum absolute atomic E-state index is 0.363. The monoisotopic (exact) mass is 276 g/mol. The van der Waals surface area contributed by atoms with Gasteiger partial charge in [-0.3, -0.25) is 0 Å². The van der Waals surface area contributed by atoms with Gasteiger partial charge >= 0.3 is 0 Å². The number of likely N-dealkylation sites (N-methyl/N-ethyl adjacent to an activating group) is 1. The van der Waals surface area contributed by atoms with E-state index in [9.17, 15) is 0 Å². The van der Waals surface area contributed by atoms with E-state index < -0.39 is 0 Å². The van der Waals surface area contributed by atoms with Crippen LogP contribution in [0.25, 0.3) is 0 Å². The molecule has 0 radical (unpaired) electrons. The largest absolute Gasteiger partial charge is 0.496 e. The molecule has 0 aromatic heterocycles. The van der Waals surface area contributed by atoms with Crippen LogP contribution in [0.1, 0.15) is 36.8 Å². The van der Waals surface area contributed by atoms with Gasteiger partial charge in [-0.05, 0) is 51.1 Å². The molecule has 0 saturated heterocycles. The summed E-state index contributed by atoms with van der Waals surface area (Å²) in [5.74, 6) is 0.967. The number of benzene rings is 1. The second kappa shape index (κ2) is 6.59. The number of nitrogens with zero attached hydrogens (tertiary/aromatic N) is 1. The average molecular weight is 276 g/mol. The van der Waals surface area contributed by atoms with Crippen LogP contribution in [0.5, 0.6) is 5.75 Å². The van der Waals surface area contributed by atoms with Gasteiger partial charge in [-0.2, -0.15) is 0 Å². The third kappa shape index (κ3) is 3.33.